The van der Waals surface area contributed by atoms with Gasteiger partial charge in [-0.05, 0) is 24.1 Å². The summed E-state index contributed by atoms with van der Waals surface area (Å²) in [5, 5.41) is 18.8. The molecule has 0 bridgehead atoms. The van der Waals surface area contributed by atoms with Crippen molar-refractivity contribution in [1.29, 1.82) is 0 Å². The van der Waals surface area contributed by atoms with Gasteiger partial charge in [0.25, 0.3) is 5.91 Å². The number of carbonyl (C=O) groups excluding carboxylic acids is 1. The minimum Gasteiger partial charge on any atom is -0.493 e. The molecule has 0 aliphatic carbocycles. The van der Waals surface area contributed by atoms with Crippen LogP contribution in [0.3, 0.4) is 0 Å². The second-order valence-electron chi connectivity index (χ2n) is 4.66. The molecule has 0 aliphatic rings. The zero-order chi connectivity index (χ0) is 15.9. The van der Waals surface area contributed by atoms with E-state index in [4.69, 9.17) is 9.47 Å². The predicted molar refractivity (Wildman–Crippen MR) is 79.8 cm³/mol. The van der Waals surface area contributed by atoms with Gasteiger partial charge in [0, 0.05) is 18.3 Å². The number of nitrogens with one attached hydrogen (secondary N) is 2. The summed E-state index contributed by atoms with van der Waals surface area (Å²) in [5.41, 5.74) is 1.43. The van der Waals surface area contributed by atoms with Crippen molar-refractivity contribution in [2.75, 3.05) is 20.8 Å². The third kappa shape index (κ3) is 3.76. The number of aromatic amines is 1. The maximum Gasteiger partial charge on any atom is 0.253 e. The average molecular weight is 305 g/mol. The molecule has 0 saturated carbocycles. The zero-order valence-corrected chi connectivity index (χ0v) is 12.5. The largest absolute Gasteiger partial charge is 0.493 e. The van der Waals surface area contributed by atoms with Crippen LogP contribution in [0.5, 0.6) is 11.5 Å². The topological polar surface area (TPSA) is 96.5 Å². The first-order valence-corrected chi connectivity index (χ1v) is 6.81. The van der Waals surface area contributed by atoms with Gasteiger partial charge in [0.2, 0.25) is 0 Å². The summed E-state index contributed by atoms with van der Waals surface area (Å²) in [5.74, 6) is 0.845. The fraction of sp³-hybridized carbons (Fsp3) is 0.333. The molecule has 1 unspecified atom stereocenters. The number of ether oxygens (including phenoxy) is 2. The van der Waals surface area contributed by atoms with E-state index in [2.05, 4.69) is 15.5 Å². The third-order valence-electron chi connectivity index (χ3n) is 3.24. The van der Waals surface area contributed by atoms with Crippen LogP contribution in [0.2, 0.25) is 0 Å². The molecule has 118 valence electrons. The highest BCUT2D eigenvalue weighted by molar-refractivity contribution is 5.81. The molecule has 2 rings (SSSR count). The van der Waals surface area contributed by atoms with Gasteiger partial charge in [-0.2, -0.15) is 5.10 Å². The highest BCUT2D eigenvalue weighted by Gasteiger charge is 2.17. The van der Waals surface area contributed by atoms with Crippen LogP contribution in [0.4, 0.5) is 0 Å². The summed E-state index contributed by atoms with van der Waals surface area (Å²) in [6.45, 7) is 0.406. The SMILES string of the molecule is COc1ccc(CCNC(=O)C(O)c2cn[nH]c2)cc1OC. The molecule has 1 amide bonds. The van der Waals surface area contributed by atoms with E-state index >= 15 is 0 Å². The molecular weight excluding hydrogens is 286 g/mol. The zero-order valence-electron chi connectivity index (χ0n) is 12.5. The van der Waals surface area contributed by atoms with Gasteiger partial charge < -0.3 is 19.9 Å². The summed E-state index contributed by atoms with van der Waals surface area (Å²) in [6, 6.07) is 5.58. The molecule has 1 aromatic carbocycles. The van der Waals surface area contributed by atoms with Crippen molar-refractivity contribution < 1.29 is 19.4 Å². The number of aromatic nitrogens is 2. The summed E-state index contributed by atoms with van der Waals surface area (Å²) in [4.78, 5) is 11.8. The maximum absolute atomic E-state index is 11.8. The van der Waals surface area contributed by atoms with Gasteiger partial charge in [-0.1, -0.05) is 6.07 Å². The average Bonchev–Trinajstić information content (AvgIpc) is 3.08. The van der Waals surface area contributed by atoms with Crippen molar-refractivity contribution in [1.82, 2.24) is 15.5 Å². The van der Waals surface area contributed by atoms with Crippen LogP contribution in [0.15, 0.2) is 30.6 Å². The second kappa shape index (κ2) is 7.46. The van der Waals surface area contributed by atoms with E-state index in [0.29, 0.717) is 30.0 Å². The highest BCUT2D eigenvalue weighted by Crippen LogP contribution is 2.27. The molecule has 1 aromatic heterocycles. The summed E-state index contributed by atoms with van der Waals surface area (Å²) >= 11 is 0. The van der Waals surface area contributed by atoms with Gasteiger partial charge in [0.15, 0.2) is 17.6 Å². The molecule has 0 spiro atoms. The molecule has 1 heterocycles. The molecule has 1 atom stereocenters. The first kappa shape index (κ1) is 15.8. The third-order valence-corrected chi connectivity index (χ3v) is 3.24. The Kier molecular flexibility index (Phi) is 5.37. The molecule has 0 aliphatic heterocycles. The van der Waals surface area contributed by atoms with E-state index in [0.717, 1.165) is 5.56 Å². The van der Waals surface area contributed by atoms with E-state index in [1.807, 2.05) is 18.2 Å². The normalized spacial score (nSPS) is 11.8. The van der Waals surface area contributed by atoms with Gasteiger partial charge in [-0.15, -0.1) is 0 Å². The van der Waals surface area contributed by atoms with Crippen LogP contribution in [0.25, 0.3) is 0 Å². The Morgan fingerprint density at radius 2 is 2.14 bits per heavy atom. The smallest absolute Gasteiger partial charge is 0.253 e. The number of carbonyl (C=O) groups is 1. The molecule has 0 fully saturated rings. The fourth-order valence-corrected chi connectivity index (χ4v) is 2.02. The Balaban J connectivity index is 1.87. The minimum atomic E-state index is -1.22. The monoisotopic (exact) mass is 305 g/mol. The van der Waals surface area contributed by atoms with E-state index in [-0.39, 0.29) is 0 Å². The molecule has 3 N–H and O–H groups in total. The standard InChI is InChI=1S/C15H19N3O4/c1-21-12-4-3-10(7-13(12)22-2)5-6-16-15(20)14(19)11-8-17-18-9-11/h3-4,7-9,14,19H,5-6H2,1-2H3,(H,16,20)(H,17,18). The van der Waals surface area contributed by atoms with Crippen molar-refractivity contribution in [3.05, 3.63) is 41.7 Å². The van der Waals surface area contributed by atoms with Crippen LogP contribution in [-0.4, -0.2) is 42.0 Å². The number of aliphatic hydroxyl groups is 1. The molecular formula is C15H19N3O4. The number of nitrogens with zero attached hydrogens (tertiary/aromatic N) is 1. The Morgan fingerprint density at radius 3 is 2.77 bits per heavy atom. The fourth-order valence-electron chi connectivity index (χ4n) is 2.02. The summed E-state index contributed by atoms with van der Waals surface area (Å²) in [7, 11) is 3.15. The van der Waals surface area contributed by atoms with E-state index < -0.39 is 12.0 Å². The summed E-state index contributed by atoms with van der Waals surface area (Å²) < 4.78 is 10.4. The number of benzene rings is 1. The second-order valence-corrected chi connectivity index (χ2v) is 4.66. The van der Waals surface area contributed by atoms with E-state index in [1.165, 1.54) is 12.4 Å². The minimum absolute atomic E-state index is 0.406. The lowest BCUT2D eigenvalue weighted by atomic mass is 10.1. The molecule has 7 nitrogen and oxygen atoms in total. The number of hydrogen-bond donors (Lipinski definition) is 3. The Hall–Kier alpha value is -2.54. The quantitative estimate of drug-likeness (QED) is 0.704. The van der Waals surface area contributed by atoms with Crippen LogP contribution in [0.1, 0.15) is 17.2 Å². The number of rotatable bonds is 7. The van der Waals surface area contributed by atoms with Gasteiger partial charge in [-0.25, -0.2) is 0 Å². The first-order chi connectivity index (χ1) is 10.7. The number of aliphatic hydroxyl groups excluding tert-OH is 1. The number of H-pyrrole nitrogens is 1. The highest BCUT2D eigenvalue weighted by atomic mass is 16.5. The van der Waals surface area contributed by atoms with Crippen molar-refractivity contribution in [2.45, 2.75) is 12.5 Å². The number of methoxy groups -OCH3 is 2. The van der Waals surface area contributed by atoms with Crippen molar-refractivity contribution >= 4 is 5.91 Å². The van der Waals surface area contributed by atoms with Gasteiger partial charge >= 0.3 is 0 Å². The molecule has 22 heavy (non-hydrogen) atoms. The predicted octanol–water partition coefficient (Wildman–Crippen LogP) is 0.819. The summed E-state index contributed by atoms with van der Waals surface area (Å²) in [6.07, 6.45) is 2.30. The molecule has 0 radical (unpaired) electrons. The molecule has 0 saturated heterocycles. The van der Waals surface area contributed by atoms with Crippen molar-refractivity contribution in [3.63, 3.8) is 0 Å². The van der Waals surface area contributed by atoms with Crippen LogP contribution in [0, 0.1) is 0 Å². The maximum atomic E-state index is 11.8. The lowest BCUT2D eigenvalue weighted by Gasteiger charge is -2.11. The number of amides is 1. The van der Waals surface area contributed by atoms with E-state index in [9.17, 15) is 9.90 Å². The lowest BCUT2D eigenvalue weighted by Crippen LogP contribution is -2.30. The Labute approximate surface area is 128 Å². The molecule has 2 aromatic rings. The van der Waals surface area contributed by atoms with Crippen LogP contribution >= 0.6 is 0 Å². The Morgan fingerprint density at radius 1 is 1.36 bits per heavy atom. The van der Waals surface area contributed by atoms with E-state index in [1.54, 1.807) is 14.2 Å². The Bertz CT molecular complexity index is 613. The van der Waals surface area contributed by atoms with Gasteiger partial charge in [0.05, 0.1) is 20.4 Å². The van der Waals surface area contributed by atoms with Gasteiger partial charge in [0.1, 0.15) is 0 Å². The van der Waals surface area contributed by atoms with Crippen LogP contribution < -0.4 is 14.8 Å². The van der Waals surface area contributed by atoms with Crippen LogP contribution in [-0.2, 0) is 11.2 Å². The van der Waals surface area contributed by atoms with Crippen molar-refractivity contribution in [3.8, 4) is 11.5 Å². The first-order valence-electron chi connectivity index (χ1n) is 6.81. The van der Waals surface area contributed by atoms with Gasteiger partial charge in [-0.3, -0.25) is 9.89 Å². The molecule has 7 heteroatoms. The lowest BCUT2D eigenvalue weighted by molar-refractivity contribution is -0.129. The van der Waals surface area contributed by atoms with Crippen molar-refractivity contribution in [2.24, 2.45) is 0 Å². The number of hydrogen-bond acceptors (Lipinski definition) is 5.